The number of carbonyl (C=O) groups is 1. The predicted molar refractivity (Wildman–Crippen MR) is 80.3 cm³/mol. The van der Waals surface area contributed by atoms with Gasteiger partial charge in [0, 0.05) is 6.20 Å². The maximum atomic E-state index is 12.3. The van der Waals surface area contributed by atoms with E-state index in [0.717, 1.165) is 0 Å². The Kier molecular flexibility index (Phi) is 4.76. The van der Waals surface area contributed by atoms with Gasteiger partial charge >= 0.3 is 13.6 Å². The zero-order valence-corrected chi connectivity index (χ0v) is 12.8. The van der Waals surface area contributed by atoms with Crippen LogP contribution >= 0.6 is 7.60 Å². The van der Waals surface area contributed by atoms with Crippen molar-refractivity contribution in [3.05, 3.63) is 66.0 Å². The molecule has 0 saturated carbocycles. The molecule has 2 atom stereocenters. The van der Waals surface area contributed by atoms with Crippen LogP contribution in [0.5, 0.6) is 0 Å². The fraction of sp³-hybridized carbons (Fsp3) is 0.200. The standard InChI is InChI=1S/C15H16NO5P/c1-15(14(17)18,13-9-5-6-10-16-13)21-22(19,20)11-12-7-3-2-4-8-12/h2-10H,11H2,1H3,(H,17,18)(H,19,20). The van der Waals surface area contributed by atoms with Crippen molar-refractivity contribution in [1.82, 2.24) is 4.98 Å². The van der Waals surface area contributed by atoms with Crippen molar-refractivity contribution in [3.63, 3.8) is 0 Å². The normalized spacial score (nSPS) is 16.5. The lowest BCUT2D eigenvalue weighted by molar-refractivity contribution is -0.155. The van der Waals surface area contributed by atoms with E-state index in [9.17, 15) is 19.4 Å². The van der Waals surface area contributed by atoms with E-state index in [4.69, 9.17) is 4.52 Å². The van der Waals surface area contributed by atoms with Gasteiger partial charge in [0.05, 0.1) is 11.9 Å². The SMILES string of the molecule is CC(OP(=O)(O)Cc1ccccc1)(C(=O)O)c1ccccn1. The van der Waals surface area contributed by atoms with Gasteiger partial charge < -0.3 is 10.00 Å². The number of carboxylic acids is 1. The third kappa shape index (κ3) is 3.80. The van der Waals surface area contributed by atoms with Gasteiger partial charge in [0.1, 0.15) is 0 Å². The van der Waals surface area contributed by atoms with E-state index in [0.29, 0.717) is 5.56 Å². The second-order valence-electron chi connectivity index (χ2n) is 4.93. The number of carboxylic acid groups (broad SMARTS) is 1. The van der Waals surface area contributed by atoms with E-state index in [1.54, 1.807) is 42.5 Å². The quantitative estimate of drug-likeness (QED) is 0.794. The van der Waals surface area contributed by atoms with Crippen LogP contribution in [0.25, 0.3) is 0 Å². The van der Waals surface area contributed by atoms with Gasteiger partial charge in [-0.3, -0.25) is 14.1 Å². The molecule has 22 heavy (non-hydrogen) atoms. The molecule has 2 rings (SSSR count). The summed E-state index contributed by atoms with van der Waals surface area (Å²) in [4.78, 5) is 25.5. The van der Waals surface area contributed by atoms with E-state index >= 15 is 0 Å². The number of aliphatic carboxylic acids is 1. The Morgan fingerprint density at radius 1 is 1.23 bits per heavy atom. The lowest BCUT2D eigenvalue weighted by Gasteiger charge is -2.27. The Balaban J connectivity index is 2.28. The molecule has 7 heteroatoms. The number of hydrogen-bond donors (Lipinski definition) is 2. The van der Waals surface area contributed by atoms with Crippen LogP contribution in [0, 0.1) is 0 Å². The maximum absolute atomic E-state index is 12.3. The number of hydrogen-bond acceptors (Lipinski definition) is 4. The first-order valence-corrected chi connectivity index (χ1v) is 8.31. The van der Waals surface area contributed by atoms with E-state index in [1.165, 1.54) is 19.2 Å². The topological polar surface area (TPSA) is 96.7 Å². The Morgan fingerprint density at radius 3 is 2.41 bits per heavy atom. The summed E-state index contributed by atoms with van der Waals surface area (Å²) in [6.45, 7) is 1.21. The molecule has 0 bridgehead atoms. The lowest BCUT2D eigenvalue weighted by atomic mass is 10.0. The Morgan fingerprint density at radius 2 is 1.86 bits per heavy atom. The second-order valence-corrected chi connectivity index (χ2v) is 6.70. The van der Waals surface area contributed by atoms with Crippen LogP contribution in [-0.4, -0.2) is 21.0 Å². The second kappa shape index (κ2) is 6.40. The maximum Gasteiger partial charge on any atom is 0.342 e. The first-order chi connectivity index (χ1) is 10.3. The molecule has 1 heterocycles. The fourth-order valence-corrected chi connectivity index (χ4v) is 3.45. The fourth-order valence-electron chi connectivity index (χ4n) is 1.97. The molecular formula is C15H16NO5P. The van der Waals surface area contributed by atoms with Crippen molar-refractivity contribution < 1.29 is 23.9 Å². The minimum atomic E-state index is -4.18. The number of pyridine rings is 1. The zero-order chi connectivity index (χ0) is 16.2. The molecule has 0 aliphatic rings. The minimum Gasteiger partial charge on any atom is -0.479 e. The van der Waals surface area contributed by atoms with Gasteiger partial charge in [0.25, 0.3) is 0 Å². The largest absolute Gasteiger partial charge is 0.479 e. The number of aromatic nitrogens is 1. The number of nitrogens with zero attached hydrogens (tertiary/aromatic N) is 1. The molecular weight excluding hydrogens is 305 g/mol. The molecule has 6 nitrogen and oxygen atoms in total. The van der Waals surface area contributed by atoms with Gasteiger partial charge in [-0.15, -0.1) is 0 Å². The monoisotopic (exact) mass is 321 g/mol. The predicted octanol–water partition coefficient (Wildman–Crippen LogP) is 2.78. The van der Waals surface area contributed by atoms with Gasteiger partial charge in [-0.1, -0.05) is 36.4 Å². The summed E-state index contributed by atoms with van der Waals surface area (Å²) in [5, 5.41) is 9.42. The third-order valence-corrected chi connectivity index (χ3v) is 4.53. The van der Waals surface area contributed by atoms with Crippen molar-refractivity contribution in [2.45, 2.75) is 18.7 Å². The Labute approximate surface area is 127 Å². The van der Waals surface area contributed by atoms with E-state index in [2.05, 4.69) is 4.98 Å². The average molecular weight is 321 g/mol. The van der Waals surface area contributed by atoms with Crippen LogP contribution in [0.1, 0.15) is 18.2 Å². The molecule has 0 aliphatic heterocycles. The lowest BCUT2D eigenvalue weighted by Crippen LogP contribution is -2.35. The minimum absolute atomic E-state index is 0.0600. The van der Waals surface area contributed by atoms with Crippen molar-refractivity contribution in [3.8, 4) is 0 Å². The highest BCUT2D eigenvalue weighted by Gasteiger charge is 2.44. The van der Waals surface area contributed by atoms with E-state index in [-0.39, 0.29) is 11.9 Å². The summed E-state index contributed by atoms with van der Waals surface area (Å²) in [5.41, 5.74) is -1.35. The van der Waals surface area contributed by atoms with Crippen molar-refractivity contribution in [2.24, 2.45) is 0 Å². The van der Waals surface area contributed by atoms with E-state index < -0.39 is 19.2 Å². The molecule has 1 aromatic heterocycles. The van der Waals surface area contributed by atoms with Crippen LogP contribution < -0.4 is 0 Å². The molecule has 0 radical (unpaired) electrons. The first kappa shape index (κ1) is 16.4. The van der Waals surface area contributed by atoms with Gasteiger partial charge in [0.2, 0.25) is 5.60 Å². The highest BCUT2D eigenvalue weighted by atomic mass is 31.2. The summed E-state index contributed by atoms with van der Waals surface area (Å²) in [5.74, 6) is -1.38. The number of rotatable bonds is 6. The van der Waals surface area contributed by atoms with Crippen LogP contribution in [-0.2, 0) is 25.6 Å². The van der Waals surface area contributed by atoms with Gasteiger partial charge in [0.15, 0.2) is 0 Å². The Hall–Kier alpha value is -2.01. The van der Waals surface area contributed by atoms with Gasteiger partial charge in [-0.2, -0.15) is 0 Å². The molecule has 1 aromatic carbocycles. The Bertz CT molecular complexity index is 692. The number of benzene rings is 1. The molecule has 2 aromatic rings. The molecule has 0 saturated heterocycles. The summed E-state index contributed by atoms with van der Waals surface area (Å²) >= 11 is 0. The molecule has 2 N–H and O–H groups in total. The molecule has 116 valence electrons. The molecule has 0 spiro atoms. The van der Waals surface area contributed by atoms with Crippen molar-refractivity contribution in [1.29, 1.82) is 0 Å². The van der Waals surface area contributed by atoms with Crippen LogP contribution in [0.4, 0.5) is 0 Å². The van der Waals surface area contributed by atoms with Gasteiger partial charge in [-0.05, 0) is 24.6 Å². The molecule has 2 unspecified atom stereocenters. The summed E-state index contributed by atoms with van der Waals surface area (Å²) in [6.07, 6.45) is 1.13. The van der Waals surface area contributed by atoms with Crippen molar-refractivity contribution >= 4 is 13.6 Å². The first-order valence-electron chi connectivity index (χ1n) is 6.55. The molecule has 0 amide bonds. The van der Waals surface area contributed by atoms with Crippen LogP contribution in [0.3, 0.4) is 0 Å². The highest BCUT2D eigenvalue weighted by molar-refractivity contribution is 7.52. The van der Waals surface area contributed by atoms with Gasteiger partial charge in [-0.25, -0.2) is 4.79 Å². The summed E-state index contributed by atoms with van der Waals surface area (Å²) in [6, 6.07) is 13.2. The van der Waals surface area contributed by atoms with Crippen LogP contribution in [0.2, 0.25) is 0 Å². The highest BCUT2D eigenvalue weighted by Crippen LogP contribution is 2.51. The smallest absolute Gasteiger partial charge is 0.342 e. The molecule has 0 aliphatic carbocycles. The average Bonchev–Trinajstić information content (AvgIpc) is 2.48. The zero-order valence-electron chi connectivity index (χ0n) is 11.9. The van der Waals surface area contributed by atoms with Crippen molar-refractivity contribution in [2.75, 3.05) is 0 Å². The third-order valence-electron chi connectivity index (χ3n) is 3.11. The molecule has 0 fully saturated rings. The summed E-state index contributed by atoms with van der Waals surface area (Å²) in [7, 11) is -4.18. The summed E-state index contributed by atoms with van der Waals surface area (Å²) < 4.78 is 17.4. The van der Waals surface area contributed by atoms with E-state index in [1.807, 2.05) is 0 Å². The van der Waals surface area contributed by atoms with Crippen LogP contribution in [0.15, 0.2) is 54.7 Å².